The van der Waals surface area contributed by atoms with Crippen LogP contribution in [0.4, 0.5) is 11.4 Å². The van der Waals surface area contributed by atoms with Gasteiger partial charge in [-0.3, -0.25) is 19.9 Å². The summed E-state index contributed by atoms with van der Waals surface area (Å²) < 4.78 is 5.45. The molecule has 0 spiro atoms. The number of nitrogens with zero attached hydrogens (tertiary/aromatic N) is 3. The summed E-state index contributed by atoms with van der Waals surface area (Å²) in [6.45, 7) is 2.88. The third kappa shape index (κ3) is 7.16. The lowest BCUT2D eigenvalue weighted by molar-refractivity contribution is -0.384. The first-order chi connectivity index (χ1) is 18.7. The Hall–Kier alpha value is -3.88. The fourth-order valence-electron chi connectivity index (χ4n) is 4.34. The van der Waals surface area contributed by atoms with Gasteiger partial charge in [0, 0.05) is 53.9 Å². The molecule has 4 aromatic rings. The topological polar surface area (TPSA) is 97.6 Å². The van der Waals surface area contributed by atoms with Crippen LogP contribution in [0.25, 0.3) is 10.9 Å². The van der Waals surface area contributed by atoms with Crippen LogP contribution < -0.4 is 10.1 Å². The predicted octanol–water partition coefficient (Wildman–Crippen LogP) is 7.38. The molecular formula is C29H28Cl2N4O4. The predicted molar refractivity (Wildman–Crippen MR) is 155 cm³/mol. The van der Waals surface area contributed by atoms with Gasteiger partial charge in [0.05, 0.1) is 33.8 Å². The molecule has 0 aliphatic heterocycles. The highest BCUT2D eigenvalue weighted by Crippen LogP contribution is 2.29. The smallest absolute Gasteiger partial charge is 0.270 e. The van der Waals surface area contributed by atoms with E-state index in [9.17, 15) is 14.9 Å². The number of hydrogen-bond donors (Lipinski definition) is 1. The Morgan fingerprint density at radius 1 is 1.13 bits per heavy atom. The fourth-order valence-corrected chi connectivity index (χ4v) is 4.72. The van der Waals surface area contributed by atoms with Gasteiger partial charge in [-0.15, -0.1) is 0 Å². The lowest BCUT2D eigenvalue weighted by atomic mass is 10.1. The minimum absolute atomic E-state index is 0.0442. The zero-order chi connectivity index (χ0) is 27.9. The molecule has 0 aliphatic rings. The van der Waals surface area contributed by atoms with Crippen LogP contribution in [0, 0.1) is 10.1 Å². The minimum Gasteiger partial charge on any atom is -0.497 e. The molecule has 202 valence electrons. The van der Waals surface area contributed by atoms with Gasteiger partial charge in [0.15, 0.2) is 0 Å². The maximum absolute atomic E-state index is 13.5. The number of nitrogens with one attached hydrogen (secondary N) is 1. The third-order valence-electron chi connectivity index (χ3n) is 6.35. The van der Waals surface area contributed by atoms with Crippen molar-refractivity contribution in [3.8, 4) is 5.75 Å². The molecule has 0 fully saturated rings. The summed E-state index contributed by atoms with van der Waals surface area (Å²) in [4.78, 5) is 30.3. The van der Waals surface area contributed by atoms with Crippen molar-refractivity contribution in [1.29, 1.82) is 0 Å². The van der Waals surface area contributed by atoms with Gasteiger partial charge in [-0.25, -0.2) is 0 Å². The molecule has 0 saturated carbocycles. The van der Waals surface area contributed by atoms with Gasteiger partial charge in [-0.05, 0) is 55.7 Å². The summed E-state index contributed by atoms with van der Waals surface area (Å²) in [6, 6.07) is 19.0. The zero-order valence-corrected chi connectivity index (χ0v) is 23.1. The molecule has 1 atom stereocenters. The second-order valence-corrected chi connectivity index (χ2v) is 10.1. The molecule has 10 heteroatoms. The van der Waals surface area contributed by atoms with Crippen LogP contribution in [0.3, 0.4) is 0 Å². The number of nitro groups is 1. The first kappa shape index (κ1) is 28.1. The lowest BCUT2D eigenvalue weighted by Gasteiger charge is -2.25. The molecule has 3 aromatic carbocycles. The van der Waals surface area contributed by atoms with Gasteiger partial charge in [-0.1, -0.05) is 41.4 Å². The average molecular weight is 567 g/mol. The number of methoxy groups -OCH3 is 1. The molecule has 1 aromatic heterocycles. The maximum Gasteiger partial charge on any atom is 0.270 e. The van der Waals surface area contributed by atoms with E-state index in [0.29, 0.717) is 24.5 Å². The number of rotatable bonds is 11. The summed E-state index contributed by atoms with van der Waals surface area (Å²) in [5.41, 5.74) is 2.70. The number of aromatic nitrogens is 1. The number of anilines is 1. The van der Waals surface area contributed by atoms with Crippen LogP contribution in [0.5, 0.6) is 5.75 Å². The Kier molecular flexibility index (Phi) is 9.22. The minimum atomic E-state index is -0.541. The first-order valence-corrected chi connectivity index (χ1v) is 13.2. The molecule has 39 heavy (non-hydrogen) atoms. The van der Waals surface area contributed by atoms with Crippen molar-refractivity contribution in [2.75, 3.05) is 19.0 Å². The SMILES string of the molecule is COc1cc(NC(C)CCCN(Cc2ccc(Cl)cc2)C(=O)c2ccc([N+](=O)[O-])cc2Cl)c2ncccc2c1. The van der Waals surface area contributed by atoms with Crippen LogP contribution in [0.1, 0.15) is 35.7 Å². The van der Waals surface area contributed by atoms with Gasteiger partial charge < -0.3 is 15.0 Å². The van der Waals surface area contributed by atoms with Crippen LogP contribution >= 0.6 is 23.2 Å². The number of halogens is 2. The van der Waals surface area contributed by atoms with Gasteiger partial charge in [-0.2, -0.15) is 0 Å². The van der Waals surface area contributed by atoms with E-state index in [-0.39, 0.29) is 28.2 Å². The Labute approximate surface area is 236 Å². The van der Waals surface area contributed by atoms with E-state index in [1.165, 1.54) is 18.2 Å². The summed E-state index contributed by atoms with van der Waals surface area (Å²) >= 11 is 12.3. The number of carbonyl (C=O) groups is 1. The number of non-ortho nitro benzene ring substituents is 1. The molecule has 4 rings (SSSR count). The van der Waals surface area contributed by atoms with E-state index in [1.54, 1.807) is 30.3 Å². The Morgan fingerprint density at radius 3 is 2.59 bits per heavy atom. The van der Waals surface area contributed by atoms with Gasteiger partial charge in [0.25, 0.3) is 11.6 Å². The molecule has 1 unspecified atom stereocenters. The van der Waals surface area contributed by atoms with Crippen LogP contribution in [0.15, 0.2) is 72.9 Å². The highest BCUT2D eigenvalue weighted by atomic mass is 35.5. The highest BCUT2D eigenvalue weighted by molar-refractivity contribution is 6.34. The molecule has 0 saturated heterocycles. The van der Waals surface area contributed by atoms with E-state index in [4.69, 9.17) is 27.9 Å². The van der Waals surface area contributed by atoms with Crippen LogP contribution in [-0.4, -0.2) is 40.4 Å². The number of nitro benzene ring substituents is 1. The summed E-state index contributed by atoms with van der Waals surface area (Å²) in [7, 11) is 1.63. The fraction of sp³-hybridized carbons (Fsp3) is 0.241. The largest absolute Gasteiger partial charge is 0.497 e. The lowest BCUT2D eigenvalue weighted by Crippen LogP contribution is -2.32. The maximum atomic E-state index is 13.5. The van der Waals surface area contributed by atoms with E-state index in [2.05, 4.69) is 17.2 Å². The molecular weight excluding hydrogens is 539 g/mol. The monoisotopic (exact) mass is 566 g/mol. The number of fused-ring (bicyclic) bond motifs is 1. The van der Waals surface area contributed by atoms with Crippen LogP contribution in [-0.2, 0) is 6.54 Å². The summed E-state index contributed by atoms with van der Waals surface area (Å²) in [6.07, 6.45) is 3.23. The average Bonchev–Trinajstić information content (AvgIpc) is 2.93. The molecule has 0 radical (unpaired) electrons. The van der Waals surface area contributed by atoms with E-state index in [0.717, 1.165) is 34.3 Å². The number of ether oxygens (including phenoxy) is 1. The zero-order valence-electron chi connectivity index (χ0n) is 21.6. The molecule has 8 nitrogen and oxygen atoms in total. The second-order valence-electron chi connectivity index (χ2n) is 9.21. The molecule has 1 heterocycles. The summed E-state index contributed by atoms with van der Waals surface area (Å²) in [5, 5.41) is 16.3. The normalized spacial score (nSPS) is 11.7. The Morgan fingerprint density at radius 2 is 1.90 bits per heavy atom. The summed E-state index contributed by atoms with van der Waals surface area (Å²) in [5.74, 6) is 0.443. The molecule has 0 bridgehead atoms. The quantitative estimate of drug-likeness (QED) is 0.150. The Balaban J connectivity index is 1.48. The number of hydrogen-bond acceptors (Lipinski definition) is 6. The van der Waals surface area contributed by atoms with Crippen LogP contribution in [0.2, 0.25) is 10.0 Å². The van der Waals surface area contributed by atoms with Crippen molar-refractivity contribution in [2.24, 2.45) is 0 Å². The molecule has 1 amide bonds. The van der Waals surface area contributed by atoms with Crippen molar-refractivity contribution in [2.45, 2.75) is 32.4 Å². The van der Waals surface area contributed by atoms with Crippen molar-refractivity contribution < 1.29 is 14.5 Å². The standard InChI is InChI=1S/C29H28Cl2N4O4/c1-19(33-27-17-24(39-2)15-21-6-3-13-32-28(21)27)5-4-14-34(18-20-7-9-22(30)10-8-20)29(36)25-12-11-23(35(37)38)16-26(25)31/h3,6-13,15-17,19,33H,4-5,14,18H2,1-2H3. The first-order valence-electron chi connectivity index (χ1n) is 12.4. The number of pyridine rings is 1. The third-order valence-corrected chi connectivity index (χ3v) is 6.91. The highest BCUT2D eigenvalue weighted by Gasteiger charge is 2.21. The van der Waals surface area contributed by atoms with E-state index < -0.39 is 4.92 Å². The second kappa shape index (κ2) is 12.8. The Bertz CT molecular complexity index is 1480. The van der Waals surface area contributed by atoms with E-state index >= 15 is 0 Å². The number of amides is 1. The van der Waals surface area contributed by atoms with Crippen molar-refractivity contribution in [3.05, 3.63) is 104 Å². The number of carbonyl (C=O) groups excluding carboxylic acids is 1. The van der Waals surface area contributed by atoms with E-state index in [1.807, 2.05) is 36.4 Å². The van der Waals surface area contributed by atoms with Crippen molar-refractivity contribution >= 4 is 51.4 Å². The molecule has 1 N–H and O–H groups in total. The van der Waals surface area contributed by atoms with Crippen molar-refractivity contribution in [1.82, 2.24) is 9.88 Å². The van der Waals surface area contributed by atoms with Crippen molar-refractivity contribution in [3.63, 3.8) is 0 Å². The number of benzene rings is 3. The van der Waals surface area contributed by atoms with Gasteiger partial charge in [0.1, 0.15) is 5.75 Å². The van der Waals surface area contributed by atoms with Gasteiger partial charge >= 0.3 is 0 Å². The molecule has 0 aliphatic carbocycles. The van der Waals surface area contributed by atoms with Gasteiger partial charge in [0.2, 0.25) is 0 Å².